The largest absolute Gasteiger partial charge is 0.454 e. The van der Waals surface area contributed by atoms with Gasteiger partial charge in [-0.3, -0.25) is 14.9 Å². The number of nitro groups is 1. The van der Waals surface area contributed by atoms with Crippen LogP contribution in [0.3, 0.4) is 0 Å². The third kappa shape index (κ3) is 4.96. The Morgan fingerprint density at radius 1 is 1.12 bits per heavy atom. The van der Waals surface area contributed by atoms with Gasteiger partial charge in [-0.2, -0.15) is 13.5 Å². The van der Waals surface area contributed by atoms with E-state index in [0.717, 1.165) is 0 Å². The Labute approximate surface area is 193 Å². The van der Waals surface area contributed by atoms with Gasteiger partial charge in [-0.05, 0) is 54.4 Å². The number of rotatable bonds is 7. The lowest BCUT2D eigenvalue weighted by Crippen LogP contribution is -2.18. The predicted molar refractivity (Wildman–Crippen MR) is 120 cm³/mol. The van der Waals surface area contributed by atoms with Crippen molar-refractivity contribution in [2.75, 3.05) is 6.79 Å². The molecule has 4 rings (SSSR count). The number of nitrogens with zero attached hydrogens (tertiary/aromatic N) is 2. The number of carbonyl (C=O) groups excluding carboxylic acids is 1. The smallest absolute Gasteiger partial charge is 0.339 e. The number of hydrazone groups is 1. The van der Waals surface area contributed by atoms with Crippen LogP contribution < -0.4 is 19.1 Å². The molecule has 1 aliphatic rings. The van der Waals surface area contributed by atoms with Crippen LogP contribution in [0.5, 0.6) is 17.2 Å². The second kappa shape index (κ2) is 9.19. The van der Waals surface area contributed by atoms with Gasteiger partial charge in [0.15, 0.2) is 11.5 Å². The monoisotopic (exact) mass is 483 g/mol. The highest BCUT2D eigenvalue weighted by Crippen LogP contribution is 2.37. The number of benzene rings is 3. The maximum Gasteiger partial charge on any atom is 0.339 e. The first-order valence-corrected chi connectivity index (χ1v) is 11.2. The lowest BCUT2D eigenvalue weighted by Gasteiger charge is -2.11. The zero-order chi connectivity index (χ0) is 24.3. The first-order valence-electron chi connectivity index (χ1n) is 9.75. The minimum atomic E-state index is -4.22. The third-order valence-electron chi connectivity index (χ3n) is 4.73. The molecule has 0 bridgehead atoms. The normalized spacial score (nSPS) is 12.5. The zero-order valence-electron chi connectivity index (χ0n) is 17.6. The van der Waals surface area contributed by atoms with Gasteiger partial charge in [0.05, 0.1) is 11.1 Å². The molecule has 0 unspecified atom stereocenters. The highest BCUT2D eigenvalue weighted by Gasteiger charge is 2.25. The lowest BCUT2D eigenvalue weighted by molar-refractivity contribution is -0.384. The average molecular weight is 483 g/mol. The number of nitro benzene ring substituents is 1. The van der Waals surface area contributed by atoms with Crippen molar-refractivity contribution in [3.63, 3.8) is 0 Å². The van der Waals surface area contributed by atoms with Crippen LogP contribution in [0.4, 0.5) is 5.69 Å². The molecule has 1 heterocycles. The SMILES string of the molecule is Cc1cc2c(cc1S(=O)(=O)Oc1cccc(C(=O)N/N=C\c3ccc([N+](=O)[O-])cc3)c1)OCO2. The van der Waals surface area contributed by atoms with Crippen LogP contribution >= 0.6 is 0 Å². The van der Waals surface area contributed by atoms with Crippen molar-refractivity contribution in [2.45, 2.75) is 11.8 Å². The van der Waals surface area contributed by atoms with Crippen LogP contribution in [0, 0.1) is 17.0 Å². The van der Waals surface area contributed by atoms with Crippen LogP contribution in [0.15, 0.2) is 70.7 Å². The number of ether oxygens (including phenoxy) is 2. The molecule has 11 nitrogen and oxygen atoms in total. The molecule has 0 saturated heterocycles. The molecular weight excluding hydrogens is 466 g/mol. The maximum absolute atomic E-state index is 12.8. The minimum absolute atomic E-state index is 0.00294. The summed E-state index contributed by atoms with van der Waals surface area (Å²) in [5.74, 6) is 0.0699. The van der Waals surface area contributed by atoms with Crippen molar-refractivity contribution < 1.29 is 31.8 Å². The van der Waals surface area contributed by atoms with Crippen LogP contribution in [-0.4, -0.2) is 32.3 Å². The molecule has 1 amide bonds. The Morgan fingerprint density at radius 3 is 2.53 bits per heavy atom. The third-order valence-corrected chi connectivity index (χ3v) is 6.12. The van der Waals surface area contributed by atoms with Crippen molar-refractivity contribution in [1.82, 2.24) is 5.43 Å². The summed E-state index contributed by atoms with van der Waals surface area (Å²) in [4.78, 5) is 22.5. The molecule has 0 aliphatic carbocycles. The summed E-state index contributed by atoms with van der Waals surface area (Å²) in [6.45, 7) is 1.61. The lowest BCUT2D eigenvalue weighted by atomic mass is 10.2. The second-order valence-corrected chi connectivity index (χ2v) is 8.60. The number of hydrogen-bond donors (Lipinski definition) is 1. The number of amides is 1. The fourth-order valence-electron chi connectivity index (χ4n) is 3.07. The van der Waals surface area contributed by atoms with E-state index in [0.29, 0.717) is 22.6 Å². The van der Waals surface area contributed by atoms with Gasteiger partial charge in [0, 0.05) is 23.8 Å². The summed E-state index contributed by atoms with van der Waals surface area (Å²) in [6.07, 6.45) is 1.31. The Morgan fingerprint density at radius 2 is 1.82 bits per heavy atom. The molecule has 0 spiro atoms. The Bertz CT molecular complexity index is 1400. The van der Waals surface area contributed by atoms with Gasteiger partial charge in [-0.1, -0.05) is 6.07 Å². The van der Waals surface area contributed by atoms with E-state index < -0.39 is 20.9 Å². The molecule has 174 valence electrons. The van der Waals surface area contributed by atoms with E-state index in [-0.39, 0.29) is 28.7 Å². The van der Waals surface area contributed by atoms with Crippen LogP contribution in [-0.2, 0) is 10.1 Å². The maximum atomic E-state index is 12.8. The van der Waals surface area contributed by atoms with E-state index in [2.05, 4.69) is 10.5 Å². The molecule has 0 radical (unpaired) electrons. The summed E-state index contributed by atoms with van der Waals surface area (Å²) in [6, 6.07) is 14.0. The topological polar surface area (TPSA) is 146 Å². The number of nitrogens with one attached hydrogen (secondary N) is 1. The molecule has 0 fully saturated rings. The predicted octanol–water partition coefficient (Wildman–Crippen LogP) is 3.16. The Hall–Kier alpha value is -4.45. The van der Waals surface area contributed by atoms with Crippen LogP contribution in [0.25, 0.3) is 0 Å². The van der Waals surface area contributed by atoms with Crippen LogP contribution in [0.1, 0.15) is 21.5 Å². The van der Waals surface area contributed by atoms with E-state index >= 15 is 0 Å². The van der Waals surface area contributed by atoms with E-state index in [9.17, 15) is 23.3 Å². The number of carbonyl (C=O) groups is 1. The molecular formula is C22H17N3O8S. The molecule has 12 heteroatoms. The van der Waals surface area contributed by atoms with E-state index in [4.69, 9.17) is 13.7 Å². The quantitative estimate of drug-likeness (QED) is 0.233. The summed E-state index contributed by atoms with van der Waals surface area (Å²) in [5.41, 5.74) is 3.30. The van der Waals surface area contributed by atoms with E-state index in [1.165, 1.54) is 60.8 Å². The van der Waals surface area contributed by atoms with Crippen LogP contribution in [0.2, 0.25) is 0 Å². The summed E-state index contributed by atoms with van der Waals surface area (Å²) < 4.78 is 41.3. The fourth-order valence-corrected chi connectivity index (χ4v) is 4.22. The van der Waals surface area contributed by atoms with Crippen molar-refractivity contribution in [1.29, 1.82) is 0 Å². The number of fused-ring (bicyclic) bond motifs is 1. The van der Waals surface area contributed by atoms with Crippen molar-refractivity contribution >= 4 is 27.9 Å². The highest BCUT2D eigenvalue weighted by molar-refractivity contribution is 7.87. The summed E-state index contributed by atoms with van der Waals surface area (Å²) in [5, 5.41) is 14.5. The van der Waals surface area contributed by atoms with Gasteiger partial charge in [0.1, 0.15) is 10.6 Å². The summed E-state index contributed by atoms with van der Waals surface area (Å²) >= 11 is 0. The van der Waals surface area contributed by atoms with Gasteiger partial charge in [0.25, 0.3) is 11.6 Å². The van der Waals surface area contributed by atoms with Crippen molar-refractivity contribution in [3.05, 3.63) is 87.5 Å². The number of aryl methyl sites for hydroxylation is 1. The molecule has 3 aromatic rings. The van der Waals surface area contributed by atoms with E-state index in [1.54, 1.807) is 13.0 Å². The number of non-ortho nitro benzene ring substituents is 1. The molecule has 3 aromatic carbocycles. The Kier molecular flexibility index (Phi) is 6.15. The van der Waals surface area contributed by atoms with Gasteiger partial charge < -0.3 is 13.7 Å². The molecule has 0 aromatic heterocycles. The van der Waals surface area contributed by atoms with Gasteiger partial charge in [0.2, 0.25) is 6.79 Å². The standard InChI is InChI=1S/C22H17N3O8S/c1-14-9-19-20(32-13-31-19)11-21(14)34(29,30)33-18-4-2-3-16(10-18)22(26)24-23-12-15-5-7-17(8-6-15)25(27)28/h2-12H,13H2,1H3,(H,24,26)/b23-12-. The molecule has 34 heavy (non-hydrogen) atoms. The molecule has 1 N–H and O–H groups in total. The Balaban J connectivity index is 1.45. The molecule has 0 atom stereocenters. The average Bonchev–Trinajstić information content (AvgIpc) is 3.26. The van der Waals surface area contributed by atoms with Gasteiger partial charge >= 0.3 is 10.1 Å². The molecule has 0 saturated carbocycles. The first kappa shape index (κ1) is 22.7. The van der Waals surface area contributed by atoms with Crippen molar-refractivity contribution in [3.8, 4) is 17.2 Å². The van der Waals surface area contributed by atoms with Gasteiger partial charge in [-0.25, -0.2) is 5.43 Å². The highest BCUT2D eigenvalue weighted by atomic mass is 32.2. The zero-order valence-corrected chi connectivity index (χ0v) is 18.4. The fraction of sp³-hybridized carbons (Fsp3) is 0.0909. The second-order valence-electron chi connectivity index (χ2n) is 7.08. The first-order chi connectivity index (χ1) is 16.2. The minimum Gasteiger partial charge on any atom is -0.454 e. The van der Waals surface area contributed by atoms with Crippen molar-refractivity contribution in [2.24, 2.45) is 5.10 Å². The molecule has 1 aliphatic heterocycles. The van der Waals surface area contributed by atoms with Gasteiger partial charge in [-0.15, -0.1) is 0 Å². The number of hydrogen-bond acceptors (Lipinski definition) is 9. The summed E-state index contributed by atoms with van der Waals surface area (Å²) in [7, 11) is -4.22. The van der Waals surface area contributed by atoms with E-state index in [1.807, 2.05) is 0 Å².